The summed E-state index contributed by atoms with van der Waals surface area (Å²) in [6.45, 7) is 5.92. The van der Waals surface area contributed by atoms with E-state index in [4.69, 9.17) is 11.6 Å². The van der Waals surface area contributed by atoms with Crippen LogP contribution in [0.5, 0.6) is 0 Å². The first-order valence-corrected chi connectivity index (χ1v) is 14.9. The number of carbonyl (C=O) groups is 2. The molecule has 0 heterocycles. The zero-order valence-electron chi connectivity index (χ0n) is 22.6. The highest BCUT2D eigenvalue weighted by molar-refractivity contribution is 7.92. The lowest BCUT2D eigenvalue weighted by Crippen LogP contribution is -2.52. The van der Waals surface area contributed by atoms with E-state index >= 15 is 0 Å². The minimum Gasteiger partial charge on any atom is -0.354 e. The number of unbranched alkanes of at least 4 members (excludes halogenated alkanes) is 1. The van der Waals surface area contributed by atoms with Crippen molar-refractivity contribution in [2.24, 2.45) is 0 Å². The molecule has 3 aromatic carbocycles. The van der Waals surface area contributed by atoms with Crippen molar-refractivity contribution in [2.75, 3.05) is 17.4 Å². The molecule has 7 nitrogen and oxygen atoms in total. The van der Waals surface area contributed by atoms with Gasteiger partial charge in [-0.3, -0.25) is 13.9 Å². The number of anilines is 1. The van der Waals surface area contributed by atoms with Gasteiger partial charge in [-0.25, -0.2) is 8.42 Å². The molecule has 0 saturated carbocycles. The summed E-state index contributed by atoms with van der Waals surface area (Å²) in [7, 11) is -4.13. The lowest BCUT2D eigenvalue weighted by Gasteiger charge is -2.33. The molecule has 0 aliphatic heterocycles. The second kappa shape index (κ2) is 14.1. The van der Waals surface area contributed by atoms with E-state index in [-0.39, 0.29) is 23.0 Å². The van der Waals surface area contributed by atoms with Gasteiger partial charge in [-0.2, -0.15) is 0 Å². The third kappa shape index (κ3) is 8.07. The number of benzene rings is 3. The van der Waals surface area contributed by atoms with Crippen molar-refractivity contribution in [2.45, 2.75) is 57.5 Å². The third-order valence-corrected chi connectivity index (χ3v) is 8.42. The van der Waals surface area contributed by atoms with E-state index < -0.39 is 28.5 Å². The van der Waals surface area contributed by atoms with Crippen LogP contribution in [0.15, 0.2) is 83.8 Å². The second-order valence-electron chi connectivity index (χ2n) is 9.38. The topological polar surface area (TPSA) is 86.8 Å². The Bertz CT molecular complexity index is 1350. The summed E-state index contributed by atoms with van der Waals surface area (Å²) in [6.07, 6.45) is 2.12. The van der Waals surface area contributed by atoms with Gasteiger partial charge in [-0.1, -0.05) is 86.0 Å². The molecule has 0 unspecified atom stereocenters. The number of hydrogen-bond donors (Lipinski definition) is 1. The van der Waals surface area contributed by atoms with E-state index in [0.717, 1.165) is 28.3 Å². The third-order valence-electron chi connectivity index (χ3n) is 6.40. The quantitative estimate of drug-likeness (QED) is 0.273. The van der Waals surface area contributed by atoms with Gasteiger partial charge < -0.3 is 10.2 Å². The molecule has 1 N–H and O–H groups in total. The van der Waals surface area contributed by atoms with Gasteiger partial charge in [0.05, 0.1) is 10.6 Å². The Hall–Kier alpha value is -3.36. The predicted molar refractivity (Wildman–Crippen MR) is 156 cm³/mol. The van der Waals surface area contributed by atoms with E-state index in [0.29, 0.717) is 18.0 Å². The van der Waals surface area contributed by atoms with Crippen LogP contribution in [-0.4, -0.2) is 44.3 Å². The fraction of sp³-hybridized carbons (Fsp3) is 0.333. The van der Waals surface area contributed by atoms with Crippen LogP contribution in [0.3, 0.4) is 0 Å². The molecular weight excluding hydrogens is 534 g/mol. The Kier molecular flexibility index (Phi) is 10.9. The lowest BCUT2D eigenvalue weighted by molar-refractivity contribution is -0.140. The van der Waals surface area contributed by atoms with Crippen LogP contribution in [0.25, 0.3) is 0 Å². The highest BCUT2D eigenvalue weighted by Crippen LogP contribution is 2.27. The fourth-order valence-corrected chi connectivity index (χ4v) is 5.79. The summed E-state index contributed by atoms with van der Waals surface area (Å²) in [4.78, 5) is 28.7. The molecule has 1 atom stereocenters. The number of halogens is 1. The Morgan fingerprint density at radius 2 is 1.64 bits per heavy atom. The molecule has 0 aliphatic carbocycles. The van der Waals surface area contributed by atoms with Crippen LogP contribution in [0.1, 0.15) is 44.2 Å². The summed E-state index contributed by atoms with van der Waals surface area (Å²) in [5.41, 5.74) is 2.01. The number of rotatable bonds is 13. The van der Waals surface area contributed by atoms with Crippen molar-refractivity contribution in [3.63, 3.8) is 0 Å². The lowest BCUT2D eigenvalue weighted by atomic mass is 10.1. The summed E-state index contributed by atoms with van der Waals surface area (Å²) >= 11 is 6.22. The SMILES string of the molecule is CCCCNC(=O)[C@H](CC)N(Cc1ccccc1)C(=O)CN(c1cccc(Cl)c1)S(=O)(=O)c1ccc(C)cc1. The maximum absolute atomic E-state index is 14.0. The van der Waals surface area contributed by atoms with Crippen molar-refractivity contribution in [1.82, 2.24) is 10.2 Å². The van der Waals surface area contributed by atoms with Crippen molar-refractivity contribution in [3.8, 4) is 0 Å². The number of nitrogens with one attached hydrogen (secondary N) is 1. The first-order valence-electron chi connectivity index (χ1n) is 13.1. The van der Waals surface area contributed by atoms with Gasteiger partial charge in [0.1, 0.15) is 12.6 Å². The Morgan fingerprint density at radius 1 is 0.949 bits per heavy atom. The van der Waals surface area contributed by atoms with Gasteiger partial charge in [0, 0.05) is 18.1 Å². The van der Waals surface area contributed by atoms with E-state index in [1.807, 2.05) is 51.1 Å². The van der Waals surface area contributed by atoms with Gasteiger partial charge in [-0.15, -0.1) is 0 Å². The Morgan fingerprint density at radius 3 is 2.26 bits per heavy atom. The predicted octanol–water partition coefficient (Wildman–Crippen LogP) is 5.57. The molecule has 0 radical (unpaired) electrons. The van der Waals surface area contributed by atoms with E-state index in [1.165, 1.54) is 23.1 Å². The molecule has 0 saturated heterocycles. The normalized spacial score (nSPS) is 12.0. The summed E-state index contributed by atoms with van der Waals surface area (Å²) < 4.78 is 28.8. The van der Waals surface area contributed by atoms with Crippen molar-refractivity contribution < 1.29 is 18.0 Å². The molecule has 3 rings (SSSR count). The summed E-state index contributed by atoms with van der Waals surface area (Å²) in [6, 6.07) is 21.4. The molecule has 0 aromatic heterocycles. The molecule has 0 aliphatic rings. The smallest absolute Gasteiger partial charge is 0.264 e. The van der Waals surface area contributed by atoms with Crippen LogP contribution in [0, 0.1) is 6.92 Å². The van der Waals surface area contributed by atoms with Crippen LogP contribution in [0.4, 0.5) is 5.69 Å². The number of sulfonamides is 1. The molecule has 2 amide bonds. The van der Waals surface area contributed by atoms with Gasteiger partial charge in [0.15, 0.2) is 0 Å². The van der Waals surface area contributed by atoms with Gasteiger partial charge in [-0.05, 0) is 55.7 Å². The first kappa shape index (κ1) is 30.2. The maximum atomic E-state index is 14.0. The Labute approximate surface area is 236 Å². The summed E-state index contributed by atoms with van der Waals surface area (Å²) in [5.74, 6) is -0.752. The van der Waals surface area contributed by atoms with E-state index in [1.54, 1.807) is 30.3 Å². The molecule has 208 valence electrons. The monoisotopic (exact) mass is 569 g/mol. The van der Waals surface area contributed by atoms with E-state index in [2.05, 4.69) is 5.32 Å². The minimum absolute atomic E-state index is 0.0554. The molecule has 39 heavy (non-hydrogen) atoms. The van der Waals surface area contributed by atoms with Gasteiger partial charge in [0.2, 0.25) is 11.8 Å². The van der Waals surface area contributed by atoms with Gasteiger partial charge >= 0.3 is 0 Å². The van der Waals surface area contributed by atoms with Crippen molar-refractivity contribution >= 4 is 39.1 Å². The second-order valence-corrected chi connectivity index (χ2v) is 11.7. The highest BCUT2D eigenvalue weighted by Gasteiger charge is 2.33. The van der Waals surface area contributed by atoms with Crippen LogP contribution < -0.4 is 9.62 Å². The first-order chi connectivity index (χ1) is 18.7. The zero-order valence-corrected chi connectivity index (χ0v) is 24.2. The molecule has 3 aromatic rings. The fourth-order valence-electron chi connectivity index (χ4n) is 4.20. The van der Waals surface area contributed by atoms with Crippen LogP contribution >= 0.6 is 11.6 Å². The molecule has 0 bridgehead atoms. The molecule has 0 fully saturated rings. The number of carbonyl (C=O) groups excluding carboxylic acids is 2. The highest BCUT2D eigenvalue weighted by atomic mass is 35.5. The molecule has 0 spiro atoms. The number of hydrogen-bond acceptors (Lipinski definition) is 4. The number of nitrogens with zero attached hydrogens (tertiary/aromatic N) is 2. The number of amides is 2. The van der Waals surface area contributed by atoms with Crippen molar-refractivity contribution in [1.29, 1.82) is 0 Å². The number of aryl methyl sites for hydroxylation is 1. The van der Waals surface area contributed by atoms with Crippen LogP contribution in [-0.2, 0) is 26.2 Å². The standard InChI is InChI=1S/C30H36ClN3O4S/c1-4-6-19-32-30(36)28(5-2)33(21-24-11-8-7-9-12-24)29(35)22-34(26-14-10-13-25(31)20-26)39(37,38)27-17-15-23(3)16-18-27/h7-18,20,28H,4-6,19,21-22H2,1-3H3,(H,32,36)/t28-/m0/s1. The average molecular weight is 570 g/mol. The zero-order chi connectivity index (χ0) is 28.4. The average Bonchev–Trinajstić information content (AvgIpc) is 2.92. The van der Waals surface area contributed by atoms with Crippen molar-refractivity contribution in [3.05, 3.63) is 95.0 Å². The minimum atomic E-state index is -4.13. The maximum Gasteiger partial charge on any atom is 0.264 e. The van der Waals surface area contributed by atoms with E-state index in [9.17, 15) is 18.0 Å². The van der Waals surface area contributed by atoms with Crippen LogP contribution in [0.2, 0.25) is 5.02 Å². The largest absolute Gasteiger partial charge is 0.354 e. The molecular formula is C30H36ClN3O4S. The molecule has 9 heteroatoms. The summed E-state index contributed by atoms with van der Waals surface area (Å²) in [5, 5.41) is 3.27. The van der Waals surface area contributed by atoms with Gasteiger partial charge in [0.25, 0.3) is 10.0 Å². The Balaban J connectivity index is 2.02.